The van der Waals surface area contributed by atoms with Crippen molar-refractivity contribution in [2.24, 2.45) is 0 Å². The smallest absolute Gasteiger partial charge is 0.148 e. The normalized spacial score (nSPS) is 12.0. The first-order valence-electron chi connectivity index (χ1n) is 7.46. The van der Waals surface area contributed by atoms with Gasteiger partial charge in [-0.25, -0.2) is 4.98 Å². The molecule has 116 valence electrons. The first kappa shape index (κ1) is 15.5. The summed E-state index contributed by atoms with van der Waals surface area (Å²) in [5.41, 5.74) is 0.427. The minimum atomic E-state index is -0.00764. The maximum Gasteiger partial charge on any atom is 0.148 e. The lowest BCUT2D eigenvalue weighted by molar-refractivity contribution is 0.201. The summed E-state index contributed by atoms with van der Waals surface area (Å²) in [6, 6.07) is 13.9. The second kappa shape index (κ2) is 7.23. The summed E-state index contributed by atoms with van der Waals surface area (Å²) in [6.45, 7) is 0.873. The fourth-order valence-corrected chi connectivity index (χ4v) is 3.32. The minimum absolute atomic E-state index is 0.00764. The van der Waals surface area contributed by atoms with Gasteiger partial charge < -0.3 is 10.1 Å². The van der Waals surface area contributed by atoms with E-state index >= 15 is 0 Å². The molecule has 23 heavy (non-hydrogen) atoms. The first-order valence-corrected chi connectivity index (χ1v) is 8.34. The number of ether oxygens (including phenoxy) is 1. The quantitative estimate of drug-likeness (QED) is 0.747. The molecule has 1 N–H and O–H groups in total. The predicted octanol–water partition coefficient (Wildman–Crippen LogP) is 3.90. The van der Waals surface area contributed by atoms with Gasteiger partial charge in [-0.3, -0.25) is 0 Å². The number of thiophene rings is 1. The molecule has 3 rings (SSSR count). The van der Waals surface area contributed by atoms with E-state index in [0.29, 0.717) is 5.69 Å². The number of fused-ring (bicyclic) bond motifs is 1. The van der Waals surface area contributed by atoms with Gasteiger partial charge >= 0.3 is 0 Å². The Kier molecular flexibility index (Phi) is 4.86. The van der Waals surface area contributed by atoms with Crippen LogP contribution in [-0.4, -0.2) is 18.6 Å². The van der Waals surface area contributed by atoms with E-state index in [9.17, 15) is 5.26 Å². The largest absolute Gasteiger partial charge is 0.484 e. The van der Waals surface area contributed by atoms with Crippen LogP contribution in [0.4, 0.5) is 0 Å². The van der Waals surface area contributed by atoms with E-state index < -0.39 is 0 Å². The van der Waals surface area contributed by atoms with Crippen LogP contribution in [0.25, 0.3) is 10.8 Å². The number of benzene rings is 1. The van der Waals surface area contributed by atoms with Gasteiger partial charge in [0.2, 0.25) is 0 Å². The van der Waals surface area contributed by atoms with Gasteiger partial charge in [0.25, 0.3) is 0 Å². The van der Waals surface area contributed by atoms with Crippen LogP contribution in [0.5, 0.6) is 5.75 Å². The Labute approximate surface area is 139 Å². The topological polar surface area (TPSA) is 57.9 Å². The summed E-state index contributed by atoms with van der Waals surface area (Å²) in [5.74, 6) is 0.788. The molecule has 0 aliphatic rings. The number of nitrogens with zero attached hydrogens (tertiary/aromatic N) is 2. The lowest BCUT2D eigenvalue weighted by Gasteiger charge is -2.19. The number of nitrogens with one attached hydrogen (secondary N) is 1. The Morgan fingerprint density at radius 2 is 2.17 bits per heavy atom. The average molecular weight is 323 g/mol. The van der Waals surface area contributed by atoms with E-state index in [1.807, 2.05) is 37.4 Å². The molecular weight excluding hydrogens is 306 g/mol. The Bertz CT molecular complexity index is 824. The van der Waals surface area contributed by atoms with Crippen LogP contribution >= 0.6 is 11.3 Å². The minimum Gasteiger partial charge on any atom is -0.484 e. The summed E-state index contributed by atoms with van der Waals surface area (Å²) in [5, 5.41) is 16.2. The van der Waals surface area contributed by atoms with E-state index in [4.69, 9.17) is 4.74 Å². The summed E-state index contributed by atoms with van der Waals surface area (Å²) in [7, 11) is 1.94. The van der Waals surface area contributed by atoms with E-state index in [1.54, 1.807) is 17.5 Å². The van der Waals surface area contributed by atoms with Gasteiger partial charge in [-0.15, -0.1) is 11.3 Å². The van der Waals surface area contributed by atoms with Crippen molar-refractivity contribution in [1.82, 2.24) is 10.3 Å². The van der Waals surface area contributed by atoms with E-state index in [1.165, 1.54) is 4.88 Å². The number of rotatable bonds is 6. The SMILES string of the molecule is CNCCC(Oc1cccc2c(C#N)nccc12)c1cccs1. The number of nitriles is 1. The monoisotopic (exact) mass is 323 g/mol. The summed E-state index contributed by atoms with van der Waals surface area (Å²) in [6.07, 6.45) is 2.53. The number of aromatic nitrogens is 1. The second-order valence-electron chi connectivity index (χ2n) is 5.14. The molecule has 0 amide bonds. The summed E-state index contributed by atoms with van der Waals surface area (Å²) < 4.78 is 6.31. The van der Waals surface area contributed by atoms with Crippen LogP contribution in [-0.2, 0) is 0 Å². The van der Waals surface area contributed by atoms with Crippen LogP contribution in [0.3, 0.4) is 0 Å². The van der Waals surface area contributed by atoms with Gasteiger partial charge in [0, 0.05) is 28.3 Å². The van der Waals surface area contributed by atoms with Crippen molar-refractivity contribution in [1.29, 1.82) is 5.26 Å². The molecule has 0 aliphatic heterocycles. The molecule has 1 aromatic carbocycles. The van der Waals surface area contributed by atoms with Crippen molar-refractivity contribution in [3.05, 3.63) is 58.5 Å². The lowest BCUT2D eigenvalue weighted by Crippen LogP contribution is -2.15. The zero-order valence-electron chi connectivity index (χ0n) is 12.8. The third kappa shape index (κ3) is 3.34. The highest BCUT2D eigenvalue weighted by atomic mass is 32.1. The third-order valence-corrected chi connectivity index (χ3v) is 4.62. The standard InChI is InChI=1S/C18H17N3OS/c1-20-9-8-17(18-6-3-11-23-18)22-16-5-2-4-13-14(16)7-10-21-15(13)12-19/h2-7,10-11,17,20H,8-9H2,1H3. The molecule has 5 heteroatoms. The van der Waals surface area contributed by atoms with Crippen LogP contribution in [0.2, 0.25) is 0 Å². The third-order valence-electron chi connectivity index (χ3n) is 3.66. The zero-order chi connectivity index (χ0) is 16.1. The molecule has 0 bridgehead atoms. The molecule has 4 nitrogen and oxygen atoms in total. The van der Waals surface area contributed by atoms with Gasteiger partial charge in [-0.1, -0.05) is 18.2 Å². The van der Waals surface area contributed by atoms with Crippen molar-refractivity contribution in [3.63, 3.8) is 0 Å². The van der Waals surface area contributed by atoms with Gasteiger partial charge in [-0.2, -0.15) is 5.26 Å². The van der Waals surface area contributed by atoms with Crippen LogP contribution in [0.1, 0.15) is 23.1 Å². The van der Waals surface area contributed by atoms with Crippen LogP contribution in [0, 0.1) is 11.3 Å². The fraction of sp³-hybridized carbons (Fsp3) is 0.222. The van der Waals surface area contributed by atoms with Gasteiger partial charge in [0.05, 0.1) is 0 Å². The zero-order valence-corrected chi connectivity index (χ0v) is 13.6. The highest BCUT2D eigenvalue weighted by Crippen LogP contribution is 2.33. The second-order valence-corrected chi connectivity index (χ2v) is 6.12. The molecule has 0 spiro atoms. The molecule has 3 aromatic rings. The predicted molar refractivity (Wildman–Crippen MR) is 92.7 cm³/mol. The highest BCUT2D eigenvalue weighted by molar-refractivity contribution is 7.10. The van der Waals surface area contributed by atoms with E-state index in [-0.39, 0.29) is 6.10 Å². The number of hydrogen-bond acceptors (Lipinski definition) is 5. The van der Waals surface area contributed by atoms with Gasteiger partial charge in [0.15, 0.2) is 0 Å². The number of hydrogen-bond donors (Lipinski definition) is 1. The van der Waals surface area contributed by atoms with Gasteiger partial charge in [0.1, 0.15) is 23.6 Å². The molecule has 2 aromatic heterocycles. The molecule has 1 atom stereocenters. The van der Waals surface area contributed by atoms with Gasteiger partial charge in [-0.05, 0) is 37.2 Å². The molecule has 0 fully saturated rings. The molecule has 0 saturated heterocycles. The Morgan fingerprint density at radius 1 is 1.26 bits per heavy atom. The molecular formula is C18H17N3OS. The molecule has 0 radical (unpaired) electrons. The Balaban J connectivity index is 1.97. The Hall–Kier alpha value is -2.42. The summed E-state index contributed by atoms with van der Waals surface area (Å²) in [4.78, 5) is 5.32. The fourth-order valence-electron chi connectivity index (χ4n) is 2.53. The highest BCUT2D eigenvalue weighted by Gasteiger charge is 2.16. The van der Waals surface area contributed by atoms with Crippen molar-refractivity contribution in [2.45, 2.75) is 12.5 Å². The molecule has 2 heterocycles. The van der Waals surface area contributed by atoms with Crippen molar-refractivity contribution < 1.29 is 4.74 Å². The van der Waals surface area contributed by atoms with Crippen molar-refractivity contribution in [3.8, 4) is 11.8 Å². The summed E-state index contributed by atoms with van der Waals surface area (Å²) >= 11 is 1.70. The first-order chi connectivity index (χ1) is 11.3. The lowest BCUT2D eigenvalue weighted by atomic mass is 10.1. The molecule has 0 aliphatic carbocycles. The van der Waals surface area contributed by atoms with Crippen molar-refractivity contribution in [2.75, 3.05) is 13.6 Å². The van der Waals surface area contributed by atoms with Crippen LogP contribution < -0.4 is 10.1 Å². The van der Waals surface area contributed by atoms with E-state index in [0.717, 1.165) is 29.5 Å². The molecule has 0 saturated carbocycles. The van der Waals surface area contributed by atoms with Crippen molar-refractivity contribution >= 4 is 22.1 Å². The maximum absolute atomic E-state index is 9.21. The van der Waals surface area contributed by atoms with E-state index in [2.05, 4.69) is 27.8 Å². The molecule has 1 unspecified atom stereocenters. The number of pyridine rings is 1. The Morgan fingerprint density at radius 3 is 2.91 bits per heavy atom. The average Bonchev–Trinajstić information content (AvgIpc) is 3.12. The van der Waals surface area contributed by atoms with Crippen LogP contribution in [0.15, 0.2) is 48.0 Å². The maximum atomic E-state index is 9.21.